The van der Waals surface area contributed by atoms with Gasteiger partial charge in [0.25, 0.3) is 0 Å². The Labute approximate surface area is 192 Å². The van der Waals surface area contributed by atoms with Crippen molar-refractivity contribution < 1.29 is 4.74 Å². The van der Waals surface area contributed by atoms with Gasteiger partial charge in [-0.05, 0) is 44.2 Å². The smallest absolute Gasteiger partial charge is 0.191 e. The van der Waals surface area contributed by atoms with Gasteiger partial charge in [0.15, 0.2) is 5.96 Å². The van der Waals surface area contributed by atoms with Gasteiger partial charge in [0.1, 0.15) is 5.75 Å². The number of aromatic nitrogens is 3. The Kier molecular flexibility index (Phi) is 8.90. The zero-order valence-electron chi connectivity index (χ0n) is 17.1. The maximum Gasteiger partial charge on any atom is 0.191 e. The fourth-order valence-corrected chi connectivity index (χ4v) is 3.60. The molecule has 3 rings (SSSR count). The summed E-state index contributed by atoms with van der Waals surface area (Å²) in [5.41, 5.74) is 3.04. The van der Waals surface area contributed by atoms with Crippen LogP contribution >= 0.6 is 35.3 Å². The summed E-state index contributed by atoms with van der Waals surface area (Å²) in [6.07, 6.45) is 2.83. The van der Waals surface area contributed by atoms with Gasteiger partial charge in [0.2, 0.25) is 0 Å². The molecule has 0 unspecified atom stereocenters. The van der Waals surface area contributed by atoms with Gasteiger partial charge in [-0.3, -0.25) is 4.99 Å². The van der Waals surface area contributed by atoms with Crippen LogP contribution in [-0.2, 0) is 13.0 Å². The van der Waals surface area contributed by atoms with Crippen LogP contribution in [0.4, 0.5) is 0 Å². The van der Waals surface area contributed by atoms with E-state index in [0.717, 1.165) is 46.8 Å². The second-order valence-corrected chi connectivity index (χ2v) is 7.59. The Balaban J connectivity index is 0.00000300. The molecule has 0 saturated carbocycles. The quantitative estimate of drug-likeness (QED) is 0.280. The summed E-state index contributed by atoms with van der Waals surface area (Å²) in [6.45, 7) is 5.54. The molecule has 2 heterocycles. The first kappa shape index (κ1) is 23.1. The molecule has 2 N–H and O–H groups in total. The van der Waals surface area contributed by atoms with Gasteiger partial charge in [-0.15, -0.1) is 35.3 Å². The molecule has 0 aliphatic heterocycles. The van der Waals surface area contributed by atoms with E-state index >= 15 is 0 Å². The molecule has 0 aliphatic rings. The Morgan fingerprint density at radius 1 is 1.17 bits per heavy atom. The van der Waals surface area contributed by atoms with Crippen molar-refractivity contribution in [3.05, 3.63) is 57.8 Å². The van der Waals surface area contributed by atoms with Crippen LogP contribution in [0.5, 0.6) is 5.75 Å². The minimum Gasteiger partial charge on any atom is -0.497 e. The largest absolute Gasteiger partial charge is 0.497 e. The minimum atomic E-state index is 0. The fraction of sp³-hybridized carbons (Fsp3) is 0.350. The van der Waals surface area contributed by atoms with Gasteiger partial charge in [-0.2, -0.15) is 5.10 Å². The van der Waals surface area contributed by atoms with E-state index in [1.165, 1.54) is 4.88 Å². The SMILES string of the molecule is CN=C(NCCc1nc(C)c(C)s1)NCc1ccn(-c2ccc(OC)cc2)n1.I. The number of nitrogens with zero attached hydrogens (tertiary/aromatic N) is 4. The zero-order valence-corrected chi connectivity index (χ0v) is 20.2. The number of hydrogen-bond donors (Lipinski definition) is 2. The standard InChI is InChI=1S/C20H26N6OS.HI/c1-14-15(2)28-19(24-14)9-11-22-20(21-3)23-13-16-10-12-26(25-16)17-5-7-18(27-4)8-6-17;/h5-8,10,12H,9,11,13H2,1-4H3,(H2,21,22,23);1H. The number of thiazole rings is 1. The third-order valence-electron chi connectivity index (χ3n) is 4.35. The van der Waals surface area contributed by atoms with E-state index in [1.54, 1.807) is 25.5 Å². The number of hydrogen-bond acceptors (Lipinski definition) is 5. The second-order valence-electron chi connectivity index (χ2n) is 6.30. The summed E-state index contributed by atoms with van der Waals surface area (Å²) < 4.78 is 7.04. The highest BCUT2D eigenvalue weighted by atomic mass is 127. The van der Waals surface area contributed by atoms with Crippen LogP contribution in [0, 0.1) is 13.8 Å². The van der Waals surface area contributed by atoms with Gasteiger partial charge in [-0.25, -0.2) is 9.67 Å². The van der Waals surface area contributed by atoms with E-state index in [0.29, 0.717) is 6.54 Å². The predicted octanol–water partition coefficient (Wildman–Crippen LogP) is 3.48. The van der Waals surface area contributed by atoms with Gasteiger partial charge in [0.05, 0.1) is 35.7 Å². The average molecular weight is 526 g/mol. The molecule has 0 bridgehead atoms. The lowest BCUT2D eigenvalue weighted by molar-refractivity contribution is 0.414. The number of aryl methyl sites for hydroxylation is 2. The molecule has 0 amide bonds. The number of ether oxygens (including phenoxy) is 1. The van der Waals surface area contributed by atoms with Gasteiger partial charge < -0.3 is 15.4 Å². The maximum atomic E-state index is 5.19. The van der Waals surface area contributed by atoms with E-state index in [-0.39, 0.29) is 24.0 Å². The first-order chi connectivity index (χ1) is 13.6. The number of methoxy groups -OCH3 is 1. The molecule has 0 aliphatic carbocycles. The summed E-state index contributed by atoms with van der Waals surface area (Å²) in [5, 5.41) is 12.4. The topological polar surface area (TPSA) is 76.4 Å². The second kappa shape index (κ2) is 11.1. The van der Waals surface area contributed by atoms with Gasteiger partial charge >= 0.3 is 0 Å². The number of rotatable bonds is 7. The Morgan fingerprint density at radius 2 is 1.93 bits per heavy atom. The van der Waals surface area contributed by atoms with Crippen molar-refractivity contribution in [1.82, 2.24) is 25.4 Å². The van der Waals surface area contributed by atoms with E-state index in [9.17, 15) is 0 Å². The van der Waals surface area contributed by atoms with E-state index in [1.807, 2.05) is 48.1 Å². The fourth-order valence-electron chi connectivity index (χ4n) is 2.66. The molecule has 9 heteroatoms. The number of benzene rings is 1. The third kappa shape index (κ3) is 6.43. The van der Waals surface area contributed by atoms with E-state index in [4.69, 9.17) is 4.74 Å². The van der Waals surface area contributed by atoms with Crippen LogP contribution in [0.3, 0.4) is 0 Å². The van der Waals surface area contributed by atoms with Crippen molar-refractivity contribution in [2.24, 2.45) is 4.99 Å². The monoisotopic (exact) mass is 526 g/mol. The first-order valence-corrected chi connectivity index (χ1v) is 9.97. The van der Waals surface area contributed by atoms with Crippen molar-refractivity contribution in [3.8, 4) is 11.4 Å². The highest BCUT2D eigenvalue weighted by molar-refractivity contribution is 14.0. The van der Waals surface area contributed by atoms with Crippen LogP contribution in [0.2, 0.25) is 0 Å². The van der Waals surface area contributed by atoms with Gasteiger partial charge in [-0.1, -0.05) is 0 Å². The van der Waals surface area contributed by atoms with Crippen LogP contribution in [-0.4, -0.2) is 41.4 Å². The molecule has 0 atom stereocenters. The highest BCUT2D eigenvalue weighted by Gasteiger charge is 2.06. The van der Waals surface area contributed by atoms with Crippen LogP contribution < -0.4 is 15.4 Å². The summed E-state index contributed by atoms with van der Waals surface area (Å²) >= 11 is 1.75. The first-order valence-electron chi connectivity index (χ1n) is 9.15. The summed E-state index contributed by atoms with van der Waals surface area (Å²) in [7, 11) is 3.43. The molecule has 0 spiro atoms. The molecule has 29 heavy (non-hydrogen) atoms. The normalized spacial score (nSPS) is 11.1. The lowest BCUT2D eigenvalue weighted by Crippen LogP contribution is -2.37. The Morgan fingerprint density at radius 3 is 2.55 bits per heavy atom. The lowest BCUT2D eigenvalue weighted by Gasteiger charge is -2.10. The molecular formula is C20H27IN6OS. The van der Waals surface area contributed by atoms with Crippen molar-refractivity contribution in [3.63, 3.8) is 0 Å². The van der Waals surface area contributed by atoms with Gasteiger partial charge in [0, 0.05) is 31.1 Å². The third-order valence-corrected chi connectivity index (χ3v) is 5.48. The maximum absolute atomic E-state index is 5.19. The molecule has 156 valence electrons. The Bertz CT molecular complexity index is 915. The molecule has 2 aromatic heterocycles. The molecule has 7 nitrogen and oxygen atoms in total. The molecule has 0 radical (unpaired) electrons. The molecular weight excluding hydrogens is 499 g/mol. The summed E-state index contributed by atoms with van der Waals surface area (Å²) in [5.74, 6) is 1.58. The van der Waals surface area contributed by atoms with Crippen LogP contribution in [0.25, 0.3) is 5.69 Å². The van der Waals surface area contributed by atoms with Crippen molar-refractivity contribution in [2.75, 3.05) is 20.7 Å². The predicted molar refractivity (Wildman–Crippen MR) is 129 cm³/mol. The summed E-state index contributed by atoms with van der Waals surface area (Å²) in [4.78, 5) is 10.1. The Hall–Kier alpha value is -2.14. The number of guanidine groups is 1. The van der Waals surface area contributed by atoms with Crippen LogP contribution in [0.15, 0.2) is 41.5 Å². The summed E-state index contributed by atoms with van der Waals surface area (Å²) in [6, 6.07) is 9.79. The minimum absolute atomic E-state index is 0. The number of halogens is 1. The van der Waals surface area contributed by atoms with Crippen molar-refractivity contribution in [2.45, 2.75) is 26.8 Å². The van der Waals surface area contributed by atoms with Crippen molar-refractivity contribution >= 4 is 41.3 Å². The van der Waals surface area contributed by atoms with E-state index < -0.39 is 0 Å². The number of aliphatic imine (C=N–C) groups is 1. The molecule has 0 fully saturated rings. The average Bonchev–Trinajstić information content (AvgIpc) is 3.31. The zero-order chi connectivity index (χ0) is 19.9. The van der Waals surface area contributed by atoms with E-state index in [2.05, 4.69) is 32.6 Å². The number of nitrogens with one attached hydrogen (secondary N) is 2. The molecule has 1 aromatic carbocycles. The van der Waals surface area contributed by atoms with Crippen LogP contribution in [0.1, 0.15) is 21.3 Å². The lowest BCUT2D eigenvalue weighted by atomic mass is 10.3. The van der Waals surface area contributed by atoms with Crippen molar-refractivity contribution in [1.29, 1.82) is 0 Å². The highest BCUT2D eigenvalue weighted by Crippen LogP contribution is 2.16. The molecule has 0 saturated heterocycles. The molecule has 3 aromatic rings.